The maximum atomic E-state index is 13.9. The van der Waals surface area contributed by atoms with Gasteiger partial charge in [0.25, 0.3) is 0 Å². The number of nitrogens with two attached hydrogens (primary N) is 1. The molecule has 3 aliphatic rings. The van der Waals surface area contributed by atoms with Crippen molar-refractivity contribution in [2.45, 2.75) is 102 Å². The third kappa shape index (κ3) is 7.45. The minimum atomic E-state index is -0.391. The highest BCUT2D eigenvalue weighted by molar-refractivity contribution is 5.90. The summed E-state index contributed by atoms with van der Waals surface area (Å²) in [5.74, 6) is 1.07. The largest absolute Gasteiger partial charge is 0.354 e. The van der Waals surface area contributed by atoms with Crippen LogP contribution >= 0.6 is 12.4 Å². The molecule has 1 aliphatic carbocycles. The fourth-order valence-electron chi connectivity index (χ4n) is 6.47. The quantitative estimate of drug-likeness (QED) is 0.514. The first kappa shape index (κ1) is 28.9. The van der Waals surface area contributed by atoms with Crippen molar-refractivity contribution in [1.29, 1.82) is 0 Å². The standard InChI is InChI=1S/C29H46N4O2.ClH/c1-21(2)17-26(28(34)31-19-23-11-7-4-8-12-23)32-16-15-25(14-13-22-9-5-3-6-10-22)33-20-24(30)18-27(33)29(32)35;/h3,5-6,9-10,21,23-27H,4,7-8,11-20,30H2,1-2H3,(H,31,34);1H/t24-,25?,26-,27+;/m1./s1. The van der Waals surface area contributed by atoms with Crippen LogP contribution in [0.25, 0.3) is 0 Å². The van der Waals surface area contributed by atoms with Gasteiger partial charge in [0, 0.05) is 31.7 Å². The van der Waals surface area contributed by atoms with Gasteiger partial charge in [0.2, 0.25) is 11.8 Å². The first-order chi connectivity index (χ1) is 16.9. The molecule has 1 saturated carbocycles. The van der Waals surface area contributed by atoms with Crippen LogP contribution in [-0.4, -0.2) is 65.4 Å². The Kier molecular flexibility index (Phi) is 11.1. The van der Waals surface area contributed by atoms with Gasteiger partial charge in [-0.25, -0.2) is 0 Å². The van der Waals surface area contributed by atoms with Gasteiger partial charge in [0.1, 0.15) is 6.04 Å². The van der Waals surface area contributed by atoms with Crippen LogP contribution in [-0.2, 0) is 16.0 Å². The molecule has 0 aromatic heterocycles. The Morgan fingerprint density at radius 1 is 1.11 bits per heavy atom. The molecule has 4 rings (SSSR count). The number of nitrogens with zero attached hydrogens (tertiary/aromatic N) is 2. The molecule has 3 N–H and O–H groups in total. The maximum absolute atomic E-state index is 13.9. The second-order valence-corrected chi connectivity index (χ2v) is 11.6. The summed E-state index contributed by atoms with van der Waals surface area (Å²) >= 11 is 0. The van der Waals surface area contributed by atoms with Crippen molar-refractivity contribution in [3.63, 3.8) is 0 Å². The van der Waals surface area contributed by atoms with Crippen molar-refractivity contribution >= 4 is 24.2 Å². The van der Waals surface area contributed by atoms with E-state index in [1.165, 1.54) is 37.7 Å². The van der Waals surface area contributed by atoms with Crippen LogP contribution in [0.5, 0.6) is 0 Å². The topological polar surface area (TPSA) is 78.7 Å². The number of hydrogen-bond donors (Lipinski definition) is 2. The van der Waals surface area contributed by atoms with E-state index in [0.29, 0.717) is 37.3 Å². The smallest absolute Gasteiger partial charge is 0.242 e. The van der Waals surface area contributed by atoms with E-state index in [0.717, 1.165) is 32.4 Å². The van der Waals surface area contributed by atoms with Crippen LogP contribution in [0.1, 0.15) is 77.2 Å². The van der Waals surface area contributed by atoms with E-state index in [1.54, 1.807) is 0 Å². The molecule has 2 heterocycles. The van der Waals surface area contributed by atoms with Crippen LogP contribution in [0.2, 0.25) is 0 Å². The normalized spacial score (nSPS) is 26.3. The van der Waals surface area contributed by atoms with Gasteiger partial charge in [-0.2, -0.15) is 0 Å². The van der Waals surface area contributed by atoms with E-state index in [2.05, 4.69) is 54.4 Å². The summed E-state index contributed by atoms with van der Waals surface area (Å²) in [6.45, 7) is 6.45. The molecule has 7 heteroatoms. The summed E-state index contributed by atoms with van der Waals surface area (Å²) < 4.78 is 0. The Balaban J connectivity index is 0.00000361. The van der Waals surface area contributed by atoms with Crippen LogP contribution in [0.4, 0.5) is 0 Å². The average Bonchev–Trinajstić information content (AvgIpc) is 3.20. The number of benzene rings is 1. The van der Waals surface area contributed by atoms with Crippen molar-refractivity contribution in [2.75, 3.05) is 19.6 Å². The van der Waals surface area contributed by atoms with E-state index in [9.17, 15) is 9.59 Å². The predicted octanol–water partition coefficient (Wildman–Crippen LogP) is 4.15. The van der Waals surface area contributed by atoms with E-state index in [1.807, 2.05) is 4.90 Å². The zero-order valence-electron chi connectivity index (χ0n) is 22.2. The molecule has 1 aromatic carbocycles. The third-order valence-electron chi connectivity index (χ3n) is 8.38. The van der Waals surface area contributed by atoms with Crippen molar-refractivity contribution in [3.8, 4) is 0 Å². The minimum absolute atomic E-state index is 0. The molecule has 2 saturated heterocycles. The van der Waals surface area contributed by atoms with E-state index < -0.39 is 6.04 Å². The van der Waals surface area contributed by atoms with Gasteiger partial charge in [-0.3, -0.25) is 14.5 Å². The minimum Gasteiger partial charge on any atom is -0.354 e. The monoisotopic (exact) mass is 518 g/mol. The molecule has 1 aromatic rings. The molecule has 6 nitrogen and oxygen atoms in total. The SMILES string of the molecule is CC(C)C[C@H](C(=O)NCC1CCCCC1)N1CCC(CCc2ccccc2)N2C[C@H](N)C[C@H]2C1=O.Cl. The second kappa shape index (κ2) is 13.8. The van der Waals surface area contributed by atoms with Crippen LogP contribution in [0, 0.1) is 11.8 Å². The number of fused-ring (bicyclic) bond motifs is 1. The highest BCUT2D eigenvalue weighted by atomic mass is 35.5. The predicted molar refractivity (Wildman–Crippen MR) is 148 cm³/mol. The molecular weight excluding hydrogens is 472 g/mol. The maximum Gasteiger partial charge on any atom is 0.242 e. The molecule has 202 valence electrons. The first-order valence-electron chi connectivity index (χ1n) is 14.1. The Morgan fingerprint density at radius 3 is 2.53 bits per heavy atom. The fraction of sp³-hybridized carbons (Fsp3) is 0.724. The average molecular weight is 519 g/mol. The molecule has 0 bridgehead atoms. The van der Waals surface area contributed by atoms with Crippen molar-refractivity contribution in [1.82, 2.24) is 15.1 Å². The van der Waals surface area contributed by atoms with Gasteiger partial charge in [-0.1, -0.05) is 63.4 Å². The number of hydrogen-bond acceptors (Lipinski definition) is 4. The Morgan fingerprint density at radius 2 is 1.83 bits per heavy atom. The molecular formula is C29H47ClN4O2. The van der Waals surface area contributed by atoms with Crippen LogP contribution in [0.15, 0.2) is 30.3 Å². The fourth-order valence-corrected chi connectivity index (χ4v) is 6.47. The molecule has 1 unspecified atom stereocenters. The lowest BCUT2D eigenvalue weighted by Crippen LogP contribution is -2.54. The van der Waals surface area contributed by atoms with Gasteiger partial charge in [-0.05, 0) is 62.3 Å². The summed E-state index contributed by atoms with van der Waals surface area (Å²) in [5.41, 5.74) is 7.71. The highest BCUT2D eigenvalue weighted by Crippen LogP contribution is 2.31. The van der Waals surface area contributed by atoms with Gasteiger partial charge < -0.3 is 16.0 Å². The summed E-state index contributed by atoms with van der Waals surface area (Å²) in [5, 5.41) is 3.25. The lowest BCUT2D eigenvalue weighted by molar-refractivity contribution is -0.143. The molecule has 2 aliphatic heterocycles. The van der Waals surface area contributed by atoms with Crippen molar-refractivity contribution < 1.29 is 9.59 Å². The number of amides is 2. The van der Waals surface area contributed by atoms with Gasteiger partial charge in [-0.15, -0.1) is 12.4 Å². The number of nitrogens with one attached hydrogen (secondary N) is 1. The second-order valence-electron chi connectivity index (χ2n) is 11.6. The molecule has 3 fully saturated rings. The first-order valence-corrected chi connectivity index (χ1v) is 14.1. The van der Waals surface area contributed by atoms with Gasteiger partial charge >= 0.3 is 0 Å². The van der Waals surface area contributed by atoms with E-state index >= 15 is 0 Å². The zero-order valence-corrected chi connectivity index (χ0v) is 23.1. The van der Waals surface area contributed by atoms with Crippen molar-refractivity contribution in [2.24, 2.45) is 17.6 Å². The number of rotatable bonds is 9. The number of halogens is 1. The molecule has 36 heavy (non-hydrogen) atoms. The van der Waals surface area contributed by atoms with Crippen LogP contribution in [0.3, 0.4) is 0 Å². The van der Waals surface area contributed by atoms with Crippen LogP contribution < -0.4 is 11.1 Å². The Hall–Kier alpha value is -1.63. The van der Waals surface area contributed by atoms with Gasteiger partial charge in [0.05, 0.1) is 6.04 Å². The number of aryl methyl sites for hydroxylation is 1. The lowest BCUT2D eigenvalue weighted by Gasteiger charge is -2.33. The number of carbonyl (C=O) groups is 2. The molecule has 0 radical (unpaired) electrons. The zero-order chi connectivity index (χ0) is 24.8. The summed E-state index contributed by atoms with van der Waals surface area (Å²) in [6.07, 6.45) is 10.6. The lowest BCUT2D eigenvalue weighted by atomic mass is 9.89. The Labute approximate surface area is 224 Å². The summed E-state index contributed by atoms with van der Waals surface area (Å²) in [7, 11) is 0. The summed E-state index contributed by atoms with van der Waals surface area (Å²) in [6, 6.07) is 10.3. The summed E-state index contributed by atoms with van der Waals surface area (Å²) in [4.78, 5) is 31.6. The van der Waals surface area contributed by atoms with Crippen molar-refractivity contribution in [3.05, 3.63) is 35.9 Å². The number of carbonyl (C=O) groups excluding carboxylic acids is 2. The molecule has 4 atom stereocenters. The third-order valence-corrected chi connectivity index (χ3v) is 8.38. The molecule has 0 spiro atoms. The highest BCUT2D eigenvalue weighted by Gasteiger charge is 2.45. The van der Waals surface area contributed by atoms with E-state index in [-0.39, 0.29) is 36.3 Å². The van der Waals surface area contributed by atoms with Gasteiger partial charge in [0.15, 0.2) is 0 Å². The van der Waals surface area contributed by atoms with E-state index in [4.69, 9.17) is 5.73 Å². The Bertz CT molecular complexity index is 830. The molecule has 2 amide bonds.